The molecule has 3 aromatic rings. The average Bonchev–Trinajstić information content (AvgIpc) is 3.66. The number of imide groups is 1. The lowest BCUT2D eigenvalue weighted by Gasteiger charge is -2.25. The van der Waals surface area contributed by atoms with Gasteiger partial charge in [0.25, 0.3) is 23.6 Å². The second-order valence-electron chi connectivity index (χ2n) is 19.2. The third kappa shape index (κ3) is 19.8. The molecule has 79 heavy (non-hydrogen) atoms. The van der Waals surface area contributed by atoms with Gasteiger partial charge in [-0.15, -0.1) is 0 Å². The summed E-state index contributed by atoms with van der Waals surface area (Å²) in [4.78, 5) is 138. The number of primary amides is 1. The molecular weight excluding hydrogens is 1020 g/mol. The molecule has 1 aromatic heterocycles. The fourth-order valence-corrected chi connectivity index (χ4v) is 8.30. The van der Waals surface area contributed by atoms with Gasteiger partial charge in [0.05, 0.1) is 24.1 Å². The highest BCUT2D eigenvalue weighted by Crippen LogP contribution is 2.29. The molecule has 2 aliphatic heterocycles. The van der Waals surface area contributed by atoms with E-state index in [1.807, 2.05) is 18.7 Å². The molecule has 11 N–H and O–H groups in total. The van der Waals surface area contributed by atoms with Crippen LogP contribution in [0.4, 0.5) is 21.9 Å². The molecule has 0 bridgehead atoms. The van der Waals surface area contributed by atoms with Gasteiger partial charge in [0.2, 0.25) is 29.5 Å². The van der Waals surface area contributed by atoms with Gasteiger partial charge in [-0.25, -0.2) is 9.79 Å². The van der Waals surface area contributed by atoms with E-state index in [1.54, 1.807) is 44.2 Å². The van der Waals surface area contributed by atoms with E-state index in [2.05, 4.69) is 47.2 Å². The summed E-state index contributed by atoms with van der Waals surface area (Å²) in [7, 11) is 0. The molecule has 0 saturated heterocycles. The Morgan fingerprint density at radius 1 is 0.772 bits per heavy atom. The van der Waals surface area contributed by atoms with Crippen LogP contribution in [-0.4, -0.2) is 131 Å². The summed E-state index contributed by atoms with van der Waals surface area (Å²) in [6, 6.07) is 9.81. The smallest absolute Gasteiger partial charge is 0.312 e. The van der Waals surface area contributed by atoms with Gasteiger partial charge in [-0.3, -0.25) is 53.0 Å². The maximum Gasteiger partial charge on any atom is 0.312 e. The van der Waals surface area contributed by atoms with E-state index >= 15 is 0 Å². The van der Waals surface area contributed by atoms with Crippen molar-refractivity contribution in [3.63, 3.8) is 0 Å². The summed E-state index contributed by atoms with van der Waals surface area (Å²) in [5, 5.41) is 18.6. The second-order valence-corrected chi connectivity index (χ2v) is 19.2. The monoisotopic (exact) mass is 1090 g/mol. The van der Waals surface area contributed by atoms with Crippen LogP contribution >= 0.6 is 0 Å². The first-order valence-electron chi connectivity index (χ1n) is 26.3. The van der Waals surface area contributed by atoms with Crippen molar-refractivity contribution >= 4 is 88.2 Å². The van der Waals surface area contributed by atoms with Gasteiger partial charge >= 0.3 is 6.03 Å². The molecule has 5 rings (SSSR count). The molecule has 0 radical (unpaired) electrons. The van der Waals surface area contributed by atoms with Crippen LogP contribution in [0, 0.1) is 5.92 Å². The van der Waals surface area contributed by atoms with Crippen LogP contribution in [0.2, 0.25) is 0 Å². The Morgan fingerprint density at radius 3 is 2.18 bits per heavy atom. The molecule has 24 nitrogen and oxygen atoms in total. The fourth-order valence-electron chi connectivity index (χ4n) is 8.30. The van der Waals surface area contributed by atoms with Crippen molar-refractivity contribution in [1.29, 1.82) is 0 Å². The first-order valence-corrected chi connectivity index (χ1v) is 26.3. The Kier molecular flexibility index (Phi) is 23.7. The number of hydrogen-bond acceptors (Lipinski definition) is 14. The number of nitrogens with zero attached hydrogens (tertiary/aromatic N) is 4. The van der Waals surface area contributed by atoms with E-state index in [9.17, 15) is 47.9 Å². The lowest BCUT2D eigenvalue weighted by molar-refractivity contribution is -0.137. The van der Waals surface area contributed by atoms with E-state index < -0.39 is 54.3 Å². The van der Waals surface area contributed by atoms with Gasteiger partial charge in [0.15, 0.2) is 6.61 Å². The van der Waals surface area contributed by atoms with Crippen LogP contribution in [0.5, 0.6) is 5.75 Å². The van der Waals surface area contributed by atoms with E-state index in [-0.39, 0.29) is 93.0 Å². The number of rotatable bonds is 30. The van der Waals surface area contributed by atoms with E-state index in [4.69, 9.17) is 16.2 Å². The van der Waals surface area contributed by atoms with Gasteiger partial charge in [-0.05, 0) is 98.5 Å². The number of nitrogens with one attached hydrogen (secondary N) is 7. The number of ether oxygens (including phenoxy) is 1. The number of aliphatic imine (C=N–C) groups is 1. The molecule has 0 spiro atoms. The lowest BCUT2D eigenvalue weighted by Crippen LogP contribution is -2.54. The number of amidine groups is 1. The predicted molar refractivity (Wildman–Crippen MR) is 295 cm³/mol. The van der Waals surface area contributed by atoms with Crippen molar-refractivity contribution < 1.29 is 52.7 Å². The largest absolute Gasteiger partial charge is 0.484 e. The SMILES string of the molecule is CCCN(CCC)C(=O)C1=Cc2ccc(C(=O)Nc3cncc(CNC(=O)CNC(=O)COc4ccc(NC(=O)[C@H](CCCNC(N)=O)NC(=O)[C@@H](NC(=O)CCCCCN5C(=O)C=CC5=O)C(C)C)cc4)c3)cc2N=C(N)C1. The molecule has 422 valence electrons. The van der Waals surface area contributed by atoms with Crippen LogP contribution in [0.25, 0.3) is 6.08 Å². The van der Waals surface area contributed by atoms with Crippen LogP contribution in [0.15, 0.2) is 83.6 Å². The van der Waals surface area contributed by atoms with Gasteiger partial charge in [-0.2, -0.15) is 0 Å². The van der Waals surface area contributed by atoms with Crippen molar-refractivity contribution in [2.24, 2.45) is 22.4 Å². The molecule has 3 heterocycles. The Labute approximate surface area is 458 Å². The lowest BCUT2D eigenvalue weighted by atomic mass is 10.0. The molecule has 2 aliphatic rings. The zero-order chi connectivity index (χ0) is 57.4. The minimum Gasteiger partial charge on any atom is -0.484 e. The van der Waals surface area contributed by atoms with Crippen molar-refractivity contribution in [3.05, 3.63) is 95.3 Å². The number of fused-ring (bicyclic) bond motifs is 1. The summed E-state index contributed by atoms with van der Waals surface area (Å²) in [5.41, 5.74) is 14.6. The molecule has 0 aliphatic carbocycles. The third-order valence-corrected chi connectivity index (χ3v) is 12.3. The summed E-state index contributed by atoms with van der Waals surface area (Å²) < 4.78 is 5.58. The second kappa shape index (κ2) is 30.7. The highest BCUT2D eigenvalue weighted by atomic mass is 16.5. The Morgan fingerprint density at radius 2 is 1.49 bits per heavy atom. The normalized spacial score (nSPS) is 13.4. The van der Waals surface area contributed by atoms with Crippen LogP contribution in [0.3, 0.4) is 0 Å². The first-order chi connectivity index (χ1) is 37.8. The Hall–Kier alpha value is -8.96. The molecule has 0 fully saturated rings. The highest BCUT2D eigenvalue weighted by molar-refractivity contribution is 6.13. The van der Waals surface area contributed by atoms with E-state index in [1.165, 1.54) is 48.8 Å². The number of nitrogens with two attached hydrogens (primary N) is 2. The number of unbranched alkanes of at least 4 members (excludes halogenated alkanes) is 2. The van der Waals surface area contributed by atoms with Crippen LogP contribution < -0.4 is 53.4 Å². The number of anilines is 2. The number of amides is 11. The fraction of sp³-hybridized carbons (Fsp3) is 0.418. The molecule has 0 unspecified atom stereocenters. The van der Waals surface area contributed by atoms with Crippen LogP contribution in [-0.2, 0) is 44.9 Å². The summed E-state index contributed by atoms with van der Waals surface area (Å²) >= 11 is 0. The van der Waals surface area contributed by atoms with Crippen molar-refractivity contribution in [3.8, 4) is 5.75 Å². The van der Waals surface area contributed by atoms with E-state index in [0.717, 1.165) is 17.7 Å². The summed E-state index contributed by atoms with van der Waals surface area (Å²) in [6.07, 6.45) is 11.0. The summed E-state index contributed by atoms with van der Waals surface area (Å²) in [5.74, 6) is -3.77. The molecule has 2 aromatic carbocycles. The quantitative estimate of drug-likeness (QED) is 0.0343. The zero-order valence-corrected chi connectivity index (χ0v) is 45.0. The molecule has 2 atom stereocenters. The maximum absolute atomic E-state index is 13.6. The topological polar surface area (TPSA) is 348 Å². The number of benzene rings is 2. The van der Waals surface area contributed by atoms with Gasteiger partial charge in [0, 0.05) is 86.3 Å². The number of hydrogen-bond donors (Lipinski definition) is 9. The molecular formula is C55H71N13O11. The van der Waals surface area contributed by atoms with Gasteiger partial charge < -0.3 is 58.3 Å². The number of urea groups is 1. The predicted octanol–water partition coefficient (Wildman–Crippen LogP) is 3.07. The van der Waals surface area contributed by atoms with Crippen molar-refractivity contribution in [2.75, 3.05) is 50.0 Å². The minimum absolute atomic E-state index is 0.0344. The zero-order valence-electron chi connectivity index (χ0n) is 45.0. The number of pyridine rings is 1. The third-order valence-electron chi connectivity index (χ3n) is 12.3. The number of carbonyl (C=O) groups excluding carboxylic acids is 10. The maximum atomic E-state index is 13.6. The van der Waals surface area contributed by atoms with E-state index in [0.29, 0.717) is 71.7 Å². The Balaban J connectivity index is 1.04. The Bertz CT molecular complexity index is 2790. The molecule has 11 amide bonds. The highest BCUT2D eigenvalue weighted by Gasteiger charge is 2.29. The van der Waals surface area contributed by atoms with Crippen molar-refractivity contribution in [1.82, 2.24) is 41.4 Å². The number of carbonyl (C=O) groups is 10. The van der Waals surface area contributed by atoms with Crippen molar-refractivity contribution in [2.45, 2.75) is 104 Å². The van der Waals surface area contributed by atoms with Gasteiger partial charge in [-0.1, -0.05) is 40.2 Å². The number of aromatic nitrogens is 1. The standard InChI is InChI=1S/C55H71N13O11/c1-5-22-67(23-6-2)54(77)38-26-36-13-14-37(27-43(36)64-44(56)28-38)51(74)63-40-25-35(29-58-31-40)30-60-46(70)32-61-47(71)33-79-41-17-15-39(16-18-41)62-52(75)42(11-10-21-59-55(57)78)65-53(76)50(34(3)4)66-45(69)12-8-7-9-24-68-48(72)19-20-49(68)73/h13-20,25-27,29,31,34,42,50H,5-12,21-24,28,30,32-33H2,1-4H3,(H2,56,64)(H,60,70)(H,61,71)(H,62,75)(H,63,74)(H,65,76)(H,66,69)(H3,57,59,78)/t42-,50-/m0/s1. The molecule has 24 heteroatoms. The van der Waals surface area contributed by atoms with Crippen LogP contribution in [0.1, 0.15) is 107 Å². The van der Waals surface area contributed by atoms with Gasteiger partial charge in [0.1, 0.15) is 23.7 Å². The average molecular weight is 1090 g/mol. The summed E-state index contributed by atoms with van der Waals surface area (Å²) in [6.45, 7) is 8.39. The first kappa shape index (κ1) is 60.9. The minimum atomic E-state index is -1.09. The molecule has 0 saturated carbocycles.